The molecule has 0 spiro atoms. The standard InChI is InChI=1S/C8H8BrFO2/c1-4(11)6-2-5(9)3-7(10)8(6)12/h2-4,11-12H,1H3/t4-/m0/s1. The van der Waals surface area contributed by atoms with E-state index >= 15 is 0 Å². The highest BCUT2D eigenvalue weighted by Crippen LogP contribution is 2.30. The first kappa shape index (κ1) is 9.48. The first-order valence-corrected chi connectivity index (χ1v) is 4.17. The molecule has 66 valence electrons. The summed E-state index contributed by atoms with van der Waals surface area (Å²) >= 11 is 3.05. The molecule has 4 heteroatoms. The van der Waals surface area contributed by atoms with E-state index in [0.717, 1.165) is 6.07 Å². The Morgan fingerprint density at radius 2 is 2.08 bits per heavy atom. The van der Waals surface area contributed by atoms with Crippen LogP contribution in [0.4, 0.5) is 4.39 Å². The minimum atomic E-state index is -0.878. The van der Waals surface area contributed by atoms with E-state index in [9.17, 15) is 4.39 Å². The van der Waals surface area contributed by atoms with Gasteiger partial charge in [-0.15, -0.1) is 0 Å². The van der Waals surface area contributed by atoms with E-state index in [-0.39, 0.29) is 5.56 Å². The van der Waals surface area contributed by atoms with Crippen LogP contribution in [0.25, 0.3) is 0 Å². The first-order valence-electron chi connectivity index (χ1n) is 3.38. The molecule has 1 aromatic rings. The predicted molar refractivity (Wildman–Crippen MR) is 46.4 cm³/mol. The fourth-order valence-corrected chi connectivity index (χ4v) is 1.35. The van der Waals surface area contributed by atoms with E-state index in [1.807, 2.05) is 0 Å². The van der Waals surface area contributed by atoms with Crippen LogP contribution in [-0.4, -0.2) is 10.2 Å². The third-order valence-corrected chi connectivity index (χ3v) is 1.97. The van der Waals surface area contributed by atoms with Gasteiger partial charge in [-0.2, -0.15) is 0 Å². The molecular weight excluding hydrogens is 227 g/mol. The number of hydrogen-bond acceptors (Lipinski definition) is 2. The zero-order valence-electron chi connectivity index (χ0n) is 6.38. The maximum absolute atomic E-state index is 12.8. The second-order valence-electron chi connectivity index (χ2n) is 2.50. The Labute approximate surface area is 77.8 Å². The van der Waals surface area contributed by atoms with Gasteiger partial charge in [-0.05, 0) is 19.1 Å². The van der Waals surface area contributed by atoms with Crippen LogP contribution in [0.3, 0.4) is 0 Å². The summed E-state index contributed by atoms with van der Waals surface area (Å²) in [6.07, 6.45) is -0.878. The summed E-state index contributed by atoms with van der Waals surface area (Å²) in [4.78, 5) is 0. The quantitative estimate of drug-likeness (QED) is 0.784. The van der Waals surface area contributed by atoms with Gasteiger partial charge in [0.15, 0.2) is 11.6 Å². The summed E-state index contributed by atoms with van der Waals surface area (Å²) in [5, 5.41) is 18.2. The summed E-state index contributed by atoms with van der Waals surface area (Å²) in [5.74, 6) is -1.23. The van der Waals surface area contributed by atoms with Gasteiger partial charge in [0.1, 0.15) is 0 Å². The third-order valence-electron chi connectivity index (χ3n) is 1.51. The number of phenols is 1. The minimum absolute atomic E-state index is 0.182. The van der Waals surface area contributed by atoms with Gasteiger partial charge in [0, 0.05) is 10.0 Å². The monoisotopic (exact) mass is 234 g/mol. The number of halogens is 2. The van der Waals surface area contributed by atoms with Crippen molar-refractivity contribution in [2.24, 2.45) is 0 Å². The van der Waals surface area contributed by atoms with E-state index in [0.29, 0.717) is 4.47 Å². The second-order valence-corrected chi connectivity index (χ2v) is 3.42. The summed E-state index contributed by atoms with van der Waals surface area (Å²) in [5.41, 5.74) is 0.182. The van der Waals surface area contributed by atoms with Gasteiger partial charge in [-0.25, -0.2) is 4.39 Å². The lowest BCUT2D eigenvalue weighted by Crippen LogP contribution is -1.93. The van der Waals surface area contributed by atoms with Crippen molar-refractivity contribution in [1.29, 1.82) is 0 Å². The minimum Gasteiger partial charge on any atom is -0.505 e. The SMILES string of the molecule is C[C@H](O)c1cc(Br)cc(F)c1O. The number of rotatable bonds is 1. The van der Waals surface area contributed by atoms with Gasteiger partial charge in [-0.1, -0.05) is 15.9 Å². The normalized spacial score (nSPS) is 13.0. The first-order chi connectivity index (χ1) is 5.52. The molecule has 0 amide bonds. The Balaban J connectivity index is 3.28. The van der Waals surface area contributed by atoms with Crippen molar-refractivity contribution in [3.05, 3.63) is 28.0 Å². The number of benzene rings is 1. The lowest BCUT2D eigenvalue weighted by molar-refractivity contribution is 0.193. The van der Waals surface area contributed by atoms with Crippen molar-refractivity contribution in [3.63, 3.8) is 0 Å². The maximum atomic E-state index is 12.8. The van der Waals surface area contributed by atoms with Crippen LogP contribution in [0.2, 0.25) is 0 Å². The van der Waals surface area contributed by atoms with Crippen LogP contribution in [0, 0.1) is 5.82 Å². The third kappa shape index (κ3) is 1.76. The number of hydrogen-bond donors (Lipinski definition) is 2. The fourth-order valence-electron chi connectivity index (χ4n) is 0.904. The summed E-state index contributed by atoms with van der Waals surface area (Å²) in [7, 11) is 0. The molecule has 1 rings (SSSR count). The van der Waals surface area contributed by atoms with Crippen LogP contribution in [0.15, 0.2) is 16.6 Å². The van der Waals surface area contributed by atoms with Crippen LogP contribution < -0.4 is 0 Å². The van der Waals surface area contributed by atoms with Crippen LogP contribution >= 0.6 is 15.9 Å². The van der Waals surface area contributed by atoms with Crippen molar-refractivity contribution in [2.75, 3.05) is 0 Å². The van der Waals surface area contributed by atoms with Crippen LogP contribution in [0.1, 0.15) is 18.6 Å². The Bertz CT molecular complexity index is 299. The molecule has 0 heterocycles. The number of aliphatic hydroxyl groups excluding tert-OH is 1. The molecule has 0 bridgehead atoms. The fraction of sp³-hybridized carbons (Fsp3) is 0.250. The van der Waals surface area contributed by atoms with E-state index in [1.165, 1.54) is 13.0 Å². The average molecular weight is 235 g/mol. The Morgan fingerprint density at radius 1 is 1.50 bits per heavy atom. The molecule has 0 saturated heterocycles. The van der Waals surface area contributed by atoms with Crippen molar-refractivity contribution in [3.8, 4) is 5.75 Å². The molecule has 1 aromatic carbocycles. The molecule has 0 unspecified atom stereocenters. The molecule has 1 atom stereocenters. The molecular formula is C8H8BrFO2. The van der Waals surface area contributed by atoms with Crippen molar-refractivity contribution >= 4 is 15.9 Å². The van der Waals surface area contributed by atoms with E-state index < -0.39 is 17.7 Å². The highest BCUT2D eigenvalue weighted by molar-refractivity contribution is 9.10. The molecule has 12 heavy (non-hydrogen) atoms. The molecule has 2 nitrogen and oxygen atoms in total. The highest BCUT2D eigenvalue weighted by Gasteiger charge is 2.12. The summed E-state index contributed by atoms with van der Waals surface area (Å²) in [6, 6.07) is 2.62. The second kappa shape index (κ2) is 3.41. The van der Waals surface area contributed by atoms with Crippen molar-refractivity contribution < 1.29 is 14.6 Å². The molecule has 2 N–H and O–H groups in total. The van der Waals surface area contributed by atoms with E-state index in [2.05, 4.69) is 15.9 Å². The zero-order chi connectivity index (χ0) is 9.30. The molecule has 0 saturated carbocycles. The molecule has 0 radical (unpaired) electrons. The van der Waals surface area contributed by atoms with Crippen LogP contribution in [0.5, 0.6) is 5.75 Å². The largest absolute Gasteiger partial charge is 0.505 e. The molecule has 0 aliphatic heterocycles. The van der Waals surface area contributed by atoms with Gasteiger partial charge in [0.05, 0.1) is 6.10 Å². The topological polar surface area (TPSA) is 40.5 Å². The molecule has 0 fully saturated rings. The number of phenolic OH excluding ortho intramolecular Hbond substituents is 1. The summed E-state index contributed by atoms with van der Waals surface area (Å²) < 4.78 is 13.3. The van der Waals surface area contributed by atoms with Gasteiger partial charge in [-0.3, -0.25) is 0 Å². The van der Waals surface area contributed by atoms with Gasteiger partial charge in [0.25, 0.3) is 0 Å². The van der Waals surface area contributed by atoms with Gasteiger partial charge in [0.2, 0.25) is 0 Å². The Morgan fingerprint density at radius 3 is 2.58 bits per heavy atom. The smallest absolute Gasteiger partial charge is 0.166 e. The van der Waals surface area contributed by atoms with Crippen molar-refractivity contribution in [2.45, 2.75) is 13.0 Å². The predicted octanol–water partition coefficient (Wildman–Crippen LogP) is 2.35. The summed E-state index contributed by atoms with van der Waals surface area (Å²) in [6.45, 7) is 1.46. The average Bonchev–Trinajstić information content (AvgIpc) is 1.96. The van der Waals surface area contributed by atoms with E-state index in [1.54, 1.807) is 0 Å². The molecule has 0 aliphatic carbocycles. The molecule has 0 aromatic heterocycles. The highest BCUT2D eigenvalue weighted by atomic mass is 79.9. The maximum Gasteiger partial charge on any atom is 0.166 e. The van der Waals surface area contributed by atoms with Gasteiger partial charge >= 0.3 is 0 Å². The van der Waals surface area contributed by atoms with Crippen LogP contribution in [-0.2, 0) is 0 Å². The zero-order valence-corrected chi connectivity index (χ0v) is 7.97. The number of aliphatic hydroxyl groups is 1. The van der Waals surface area contributed by atoms with E-state index in [4.69, 9.17) is 10.2 Å². The van der Waals surface area contributed by atoms with Gasteiger partial charge < -0.3 is 10.2 Å². The Kier molecular flexibility index (Phi) is 2.69. The number of aromatic hydroxyl groups is 1. The lowest BCUT2D eigenvalue weighted by Gasteiger charge is -2.08. The van der Waals surface area contributed by atoms with Crippen molar-refractivity contribution in [1.82, 2.24) is 0 Å². The lowest BCUT2D eigenvalue weighted by atomic mass is 10.1. The molecule has 0 aliphatic rings. The Hall–Kier alpha value is -0.610.